The molecule has 0 N–H and O–H groups in total. The summed E-state index contributed by atoms with van der Waals surface area (Å²) in [6.45, 7) is 8.12. The number of carbonyl (C=O) groups is 1. The molecule has 0 radical (unpaired) electrons. The van der Waals surface area contributed by atoms with Crippen LogP contribution in [0.3, 0.4) is 0 Å². The molecule has 0 fully saturated rings. The molecule has 0 amide bonds. The van der Waals surface area contributed by atoms with Crippen molar-refractivity contribution in [1.29, 1.82) is 0 Å². The fourth-order valence-electron chi connectivity index (χ4n) is 1.71. The SMILES string of the molecule is C=C(C)CC1(C)C=CC(=O)CC1. The molecule has 0 saturated carbocycles. The topological polar surface area (TPSA) is 17.1 Å². The Kier molecular flexibility index (Phi) is 2.51. The Hall–Kier alpha value is -0.850. The molecular weight excluding hydrogens is 148 g/mol. The molecule has 1 unspecified atom stereocenters. The summed E-state index contributed by atoms with van der Waals surface area (Å²) >= 11 is 0. The maximum Gasteiger partial charge on any atom is 0.155 e. The van der Waals surface area contributed by atoms with Crippen LogP contribution in [0.4, 0.5) is 0 Å². The van der Waals surface area contributed by atoms with E-state index in [0.29, 0.717) is 6.42 Å². The van der Waals surface area contributed by atoms with Gasteiger partial charge >= 0.3 is 0 Å². The van der Waals surface area contributed by atoms with Crippen LogP contribution in [0.1, 0.15) is 33.1 Å². The Bertz CT molecular complexity index is 237. The standard InChI is InChI=1S/C11H16O/c1-9(2)8-11(3)6-4-10(12)5-7-11/h4,6H,1,5,7-8H2,2-3H3. The first-order chi connectivity index (χ1) is 5.52. The van der Waals surface area contributed by atoms with Crippen LogP contribution < -0.4 is 0 Å². The number of ketones is 1. The maximum atomic E-state index is 10.9. The third kappa shape index (κ3) is 2.33. The van der Waals surface area contributed by atoms with Crippen molar-refractivity contribution in [2.45, 2.75) is 33.1 Å². The van der Waals surface area contributed by atoms with E-state index >= 15 is 0 Å². The Morgan fingerprint density at radius 2 is 2.42 bits per heavy atom. The van der Waals surface area contributed by atoms with Gasteiger partial charge in [-0.25, -0.2) is 0 Å². The predicted octanol–water partition coefficient (Wildman–Crippen LogP) is 2.88. The largest absolute Gasteiger partial charge is 0.295 e. The predicted molar refractivity (Wildman–Crippen MR) is 50.9 cm³/mol. The Morgan fingerprint density at radius 3 is 2.83 bits per heavy atom. The van der Waals surface area contributed by atoms with Crippen molar-refractivity contribution in [3.05, 3.63) is 24.3 Å². The molecule has 1 heteroatoms. The van der Waals surface area contributed by atoms with Crippen LogP contribution in [-0.4, -0.2) is 5.78 Å². The van der Waals surface area contributed by atoms with Gasteiger partial charge in [-0.3, -0.25) is 4.79 Å². The summed E-state index contributed by atoms with van der Waals surface area (Å²) in [6, 6.07) is 0. The van der Waals surface area contributed by atoms with Gasteiger partial charge < -0.3 is 0 Å². The lowest BCUT2D eigenvalue weighted by atomic mass is 9.76. The zero-order valence-corrected chi connectivity index (χ0v) is 7.89. The van der Waals surface area contributed by atoms with Crippen molar-refractivity contribution in [3.8, 4) is 0 Å². The first-order valence-corrected chi connectivity index (χ1v) is 4.38. The molecule has 0 aromatic heterocycles. The molecule has 0 bridgehead atoms. The number of rotatable bonds is 2. The summed E-state index contributed by atoms with van der Waals surface area (Å²) in [4.78, 5) is 10.9. The van der Waals surface area contributed by atoms with Gasteiger partial charge in [0.15, 0.2) is 5.78 Å². The minimum atomic E-state index is 0.180. The van der Waals surface area contributed by atoms with Gasteiger partial charge in [-0.15, -0.1) is 6.58 Å². The highest BCUT2D eigenvalue weighted by Gasteiger charge is 2.24. The number of hydrogen-bond donors (Lipinski definition) is 0. The van der Waals surface area contributed by atoms with Gasteiger partial charge in [0.1, 0.15) is 0 Å². The van der Waals surface area contributed by atoms with Crippen LogP contribution in [0.15, 0.2) is 24.3 Å². The second-order valence-corrected chi connectivity index (χ2v) is 4.09. The fourth-order valence-corrected chi connectivity index (χ4v) is 1.71. The highest BCUT2D eigenvalue weighted by molar-refractivity contribution is 5.90. The van der Waals surface area contributed by atoms with Crippen molar-refractivity contribution in [2.24, 2.45) is 5.41 Å². The highest BCUT2D eigenvalue weighted by atomic mass is 16.1. The van der Waals surface area contributed by atoms with Crippen LogP contribution in [0.25, 0.3) is 0 Å². The summed E-state index contributed by atoms with van der Waals surface area (Å²) < 4.78 is 0. The summed E-state index contributed by atoms with van der Waals surface area (Å²) in [7, 11) is 0. The lowest BCUT2D eigenvalue weighted by Gasteiger charge is -2.28. The van der Waals surface area contributed by atoms with Crippen LogP contribution in [0.5, 0.6) is 0 Å². The molecule has 66 valence electrons. The summed E-state index contributed by atoms with van der Waals surface area (Å²) in [5.41, 5.74) is 1.37. The smallest absolute Gasteiger partial charge is 0.155 e. The van der Waals surface area contributed by atoms with Crippen molar-refractivity contribution in [2.75, 3.05) is 0 Å². The number of carbonyl (C=O) groups excluding carboxylic acids is 1. The van der Waals surface area contributed by atoms with E-state index in [0.717, 1.165) is 12.8 Å². The maximum absolute atomic E-state index is 10.9. The van der Waals surface area contributed by atoms with Gasteiger partial charge in [-0.2, -0.15) is 0 Å². The van der Waals surface area contributed by atoms with Crippen LogP contribution in [0, 0.1) is 5.41 Å². The Morgan fingerprint density at radius 1 is 1.75 bits per heavy atom. The van der Waals surface area contributed by atoms with E-state index in [2.05, 4.69) is 13.5 Å². The lowest BCUT2D eigenvalue weighted by molar-refractivity contribution is -0.115. The minimum Gasteiger partial charge on any atom is -0.295 e. The van der Waals surface area contributed by atoms with Gasteiger partial charge in [0.05, 0.1) is 0 Å². The number of hydrogen-bond acceptors (Lipinski definition) is 1. The normalized spacial score (nSPS) is 29.0. The molecule has 0 heterocycles. The highest BCUT2D eigenvalue weighted by Crippen LogP contribution is 2.34. The second-order valence-electron chi connectivity index (χ2n) is 4.09. The van der Waals surface area contributed by atoms with E-state index in [9.17, 15) is 4.79 Å². The van der Waals surface area contributed by atoms with Gasteiger partial charge in [0.2, 0.25) is 0 Å². The molecule has 1 atom stereocenters. The molecule has 12 heavy (non-hydrogen) atoms. The molecular formula is C11H16O. The van der Waals surface area contributed by atoms with Crippen LogP contribution >= 0.6 is 0 Å². The van der Waals surface area contributed by atoms with Crippen molar-refractivity contribution >= 4 is 5.78 Å². The van der Waals surface area contributed by atoms with Crippen molar-refractivity contribution in [1.82, 2.24) is 0 Å². The Labute approximate surface area is 74.2 Å². The molecule has 0 spiro atoms. The molecule has 1 aliphatic carbocycles. The van der Waals surface area contributed by atoms with E-state index in [1.165, 1.54) is 5.57 Å². The average Bonchev–Trinajstić information content (AvgIpc) is 1.94. The zero-order valence-electron chi connectivity index (χ0n) is 7.89. The first kappa shape index (κ1) is 9.24. The summed E-state index contributed by atoms with van der Waals surface area (Å²) in [5.74, 6) is 0.259. The molecule has 1 nitrogen and oxygen atoms in total. The zero-order chi connectivity index (χ0) is 9.19. The van der Waals surface area contributed by atoms with Gasteiger partial charge in [-0.1, -0.05) is 18.6 Å². The first-order valence-electron chi connectivity index (χ1n) is 4.38. The van der Waals surface area contributed by atoms with E-state index in [-0.39, 0.29) is 11.2 Å². The van der Waals surface area contributed by atoms with Crippen LogP contribution in [-0.2, 0) is 4.79 Å². The van der Waals surface area contributed by atoms with Gasteiger partial charge in [0, 0.05) is 6.42 Å². The van der Waals surface area contributed by atoms with E-state index in [1.54, 1.807) is 6.08 Å². The lowest BCUT2D eigenvalue weighted by Crippen LogP contribution is -2.19. The Balaban J connectivity index is 2.67. The van der Waals surface area contributed by atoms with Crippen molar-refractivity contribution in [3.63, 3.8) is 0 Å². The van der Waals surface area contributed by atoms with E-state index in [4.69, 9.17) is 0 Å². The van der Waals surface area contributed by atoms with Crippen molar-refractivity contribution < 1.29 is 4.79 Å². The quantitative estimate of drug-likeness (QED) is 0.573. The molecule has 0 aromatic carbocycles. The van der Waals surface area contributed by atoms with Gasteiger partial charge in [-0.05, 0) is 31.3 Å². The summed E-state index contributed by atoms with van der Waals surface area (Å²) in [6.07, 6.45) is 6.41. The fraction of sp³-hybridized carbons (Fsp3) is 0.545. The third-order valence-electron chi connectivity index (χ3n) is 2.32. The average molecular weight is 164 g/mol. The monoisotopic (exact) mass is 164 g/mol. The molecule has 0 aromatic rings. The minimum absolute atomic E-state index is 0.180. The van der Waals surface area contributed by atoms with Crippen LogP contribution in [0.2, 0.25) is 0 Å². The summed E-state index contributed by atoms with van der Waals surface area (Å²) in [5, 5.41) is 0. The molecule has 0 aliphatic heterocycles. The molecule has 1 aliphatic rings. The van der Waals surface area contributed by atoms with E-state index < -0.39 is 0 Å². The van der Waals surface area contributed by atoms with Gasteiger partial charge in [0.25, 0.3) is 0 Å². The second kappa shape index (κ2) is 3.26. The third-order valence-corrected chi connectivity index (χ3v) is 2.32. The molecule has 0 saturated heterocycles. The molecule has 1 rings (SSSR count). The number of allylic oxidation sites excluding steroid dienone is 3. The van der Waals surface area contributed by atoms with E-state index in [1.807, 2.05) is 13.0 Å².